The highest BCUT2D eigenvalue weighted by molar-refractivity contribution is 5.92. The highest BCUT2D eigenvalue weighted by Gasteiger charge is 2.16. The van der Waals surface area contributed by atoms with Gasteiger partial charge in [-0.25, -0.2) is 14.1 Å². The monoisotopic (exact) mass is 291 g/mol. The van der Waals surface area contributed by atoms with E-state index in [1.807, 2.05) is 6.92 Å². The Kier molecular flexibility index (Phi) is 4.99. The third kappa shape index (κ3) is 3.63. The Morgan fingerprint density at radius 2 is 2.33 bits per heavy atom. The lowest BCUT2D eigenvalue weighted by atomic mass is 10.0. The Morgan fingerprint density at radius 3 is 2.90 bits per heavy atom. The number of benzene rings is 1. The second kappa shape index (κ2) is 6.94. The Hall–Kier alpha value is -2.28. The van der Waals surface area contributed by atoms with Crippen molar-refractivity contribution < 1.29 is 9.18 Å². The first-order chi connectivity index (χ1) is 10.2. The molecule has 112 valence electrons. The van der Waals surface area contributed by atoms with Gasteiger partial charge in [-0.3, -0.25) is 4.79 Å². The van der Waals surface area contributed by atoms with Gasteiger partial charge in [0.25, 0.3) is 0 Å². The maximum Gasteiger partial charge on any atom is 0.228 e. The summed E-state index contributed by atoms with van der Waals surface area (Å²) in [7, 11) is 0. The van der Waals surface area contributed by atoms with Crippen LogP contribution in [0.2, 0.25) is 0 Å². The van der Waals surface area contributed by atoms with Crippen LogP contribution in [0.5, 0.6) is 0 Å². The van der Waals surface area contributed by atoms with E-state index in [9.17, 15) is 9.18 Å². The summed E-state index contributed by atoms with van der Waals surface area (Å²) in [5.74, 6) is -0.932. The van der Waals surface area contributed by atoms with E-state index in [4.69, 9.17) is 5.73 Å². The fourth-order valence-corrected chi connectivity index (χ4v) is 2.05. The Balaban J connectivity index is 2.12. The van der Waals surface area contributed by atoms with Gasteiger partial charge >= 0.3 is 0 Å². The number of amides is 1. The molecule has 0 aliphatic heterocycles. The van der Waals surface area contributed by atoms with Gasteiger partial charge in [0.2, 0.25) is 5.91 Å². The van der Waals surface area contributed by atoms with Crippen LogP contribution in [0.15, 0.2) is 30.9 Å². The molecule has 1 amide bonds. The third-order valence-corrected chi connectivity index (χ3v) is 3.17. The molecule has 0 fully saturated rings. The molecule has 1 aromatic heterocycles. The van der Waals surface area contributed by atoms with Crippen LogP contribution in [-0.4, -0.2) is 27.2 Å². The van der Waals surface area contributed by atoms with Gasteiger partial charge in [0.05, 0.1) is 5.92 Å². The fraction of sp³-hybridized carbons (Fsp3) is 0.357. The quantitative estimate of drug-likeness (QED) is 0.848. The highest BCUT2D eigenvalue weighted by atomic mass is 19.1. The van der Waals surface area contributed by atoms with Gasteiger partial charge in [-0.15, -0.1) is 0 Å². The number of halogens is 1. The summed E-state index contributed by atoms with van der Waals surface area (Å²) in [4.78, 5) is 15.8. The minimum absolute atomic E-state index is 0.188. The molecule has 0 radical (unpaired) electrons. The van der Waals surface area contributed by atoms with E-state index in [1.165, 1.54) is 29.5 Å². The van der Waals surface area contributed by atoms with Gasteiger partial charge in [0.15, 0.2) is 5.82 Å². The first-order valence-electron chi connectivity index (χ1n) is 6.81. The molecular weight excluding hydrogens is 273 g/mol. The lowest BCUT2D eigenvalue weighted by Crippen LogP contribution is -2.29. The van der Waals surface area contributed by atoms with E-state index < -0.39 is 5.82 Å². The molecule has 2 rings (SSSR count). The van der Waals surface area contributed by atoms with Gasteiger partial charge in [0, 0.05) is 12.2 Å². The van der Waals surface area contributed by atoms with Crippen LogP contribution in [-0.2, 0) is 4.79 Å². The minimum Gasteiger partial charge on any atom is -0.330 e. The van der Waals surface area contributed by atoms with Crippen molar-refractivity contribution >= 4 is 11.6 Å². The predicted molar refractivity (Wildman–Crippen MR) is 77.4 cm³/mol. The second-order valence-electron chi connectivity index (χ2n) is 4.72. The molecule has 0 spiro atoms. The number of anilines is 1. The molecular formula is C14H18FN5O. The van der Waals surface area contributed by atoms with Crippen molar-refractivity contribution in [3.8, 4) is 5.69 Å². The van der Waals surface area contributed by atoms with Gasteiger partial charge in [-0.05, 0) is 24.6 Å². The minimum atomic E-state index is -0.488. The molecule has 21 heavy (non-hydrogen) atoms. The summed E-state index contributed by atoms with van der Waals surface area (Å²) >= 11 is 0. The number of nitrogens with one attached hydrogen (secondary N) is 1. The van der Waals surface area contributed by atoms with Crippen LogP contribution < -0.4 is 11.1 Å². The Bertz CT molecular complexity index is 599. The molecule has 0 aliphatic rings. The molecule has 6 nitrogen and oxygen atoms in total. The van der Waals surface area contributed by atoms with Crippen LogP contribution in [0.4, 0.5) is 10.1 Å². The zero-order valence-electron chi connectivity index (χ0n) is 11.8. The van der Waals surface area contributed by atoms with E-state index in [0.29, 0.717) is 12.1 Å². The summed E-state index contributed by atoms with van der Waals surface area (Å²) in [6, 6.07) is 4.42. The average molecular weight is 291 g/mol. The molecule has 1 atom stereocenters. The first kappa shape index (κ1) is 15.1. The van der Waals surface area contributed by atoms with Gasteiger partial charge in [-0.1, -0.05) is 13.3 Å². The van der Waals surface area contributed by atoms with Gasteiger partial charge < -0.3 is 11.1 Å². The fourth-order valence-electron chi connectivity index (χ4n) is 2.05. The van der Waals surface area contributed by atoms with Crippen LogP contribution in [0.3, 0.4) is 0 Å². The number of carbonyl (C=O) groups excluding carboxylic acids is 1. The van der Waals surface area contributed by atoms with E-state index >= 15 is 0 Å². The molecule has 3 N–H and O–H groups in total. The molecule has 1 unspecified atom stereocenters. The number of aromatic nitrogens is 3. The zero-order chi connectivity index (χ0) is 15.2. The van der Waals surface area contributed by atoms with Crippen molar-refractivity contribution in [1.29, 1.82) is 0 Å². The standard InChI is InChI=1S/C14H18FN5O/c1-2-3-10(7-16)14(21)19-11-4-5-13(12(15)6-11)20-9-17-8-18-20/h4-6,8-10H,2-3,7,16H2,1H3,(H,19,21). The van der Waals surface area contributed by atoms with E-state index in [-0.39, 0.29) is 24.1 Å². The highest BCUT2D eigenvalue weighted by Crippen LogP contribution is 2.18. The Morgan fingerprint density at radius 1 is 1.52 bits per heavy atom. The maximum atomic E-state index is 14.0. The van der Waals surface area contributed by atoms with Gasteiger partial charge in [-0.2, -0.15) is 5.10 Å². The first-order valence-corrected chi connectivity index (χ1v) is 6.81. The maximum absolute atomic E-state index is 14.0. The van der Waals surface area contributed by atoms with Crippen molar-refractivity contribution in [2.75, 3.05) is 11.9 Å². The van der Waals surface area contributed by atoms with Crippen molar-refractivity contribution in [2.45, 2.75) is 19.8 Å². The average Bonchev–Trinajstić information content (AvgIpc) is 2.98. The zero-order valence-corrected chi connectivity index (χ0v) is 11.8. The van der Waals surface area contributed by atoms with Gasteiger partial charge in [0.1, 0.15) is 18.3 Å². The molecule has 1 aromatic carbocycles. The predicted octanol–water partition coefficient (Wildman–Crippen LogP) is 1.72. The number of hydrogen-bond acceptors (Lipinski definition) is 4. The summed E-state index contributed by atoms with van der Waals surface area (Å²) in [5.41, 5.74) is 6.25. The molecule has 0 saturated carbocycles. The lowest BCUT2D eigenvalue weighted by molar-refractivity contribution is -0.119. The SMILES string of the molecule is CCCC(CN)C(=O)Nc1ccc(-n2cncn2)c(F)c1. The topological polar surface area (TPSA) is 85.8 Å². The Labute approximate surface area is 122 Å². The molecule has 1 heterocycles. The van der Waals surface area contributed by atoms with Crippen molar-refractivity contribution in [3.63, 3.8) is 0 Å². The number of nitrogens with zero attached hydrogens (tertiary/aromatic N) is 3. The summed E-state index contributed by atoms with van der Waals surface area (Å²) in [6.07, 6.45) is 4.31. The molecule has 0 bridgehead atoms. The third-order valence-electron chi connectivity index (χ3n) is 3.17. The lowest BCUT2D eigenvalue weighted by Gasteiger charge is -2.14. The van der Waals surface area contributed by atoms with E-state index in [0.717, 1.165) is 6.42 Å². The van der Waals surface area contributed by atoms with Crippen molar-refractivity contribution in [1.82, 2.24) is 14.8 Å². The molecule has 0 aliphatic carbocycles. The van der Waals surface area contributed by atoms with Crippen LogP contribution in [0, 0.1) is 11.7 Å². The largest absolute Gasteiger partial charge is 0.330 e. The number of nitrogens with two attached hydrogens (primary N) is 1. The molecule has 0 saturated heterocycles. The number of carbonyl (C=O) groups is 1. The smallest absolute Gasteiger partial charge is 0.228 e. The molecule has 2 aromatic rings. The van der Waals surface area contributed by atoms with E-state index in [1.54, 1.807) is 6.07 Å². The van der Waals surface area contributed by atoms with E-state index in [2.05, 4.69) is 15.4 Å². The summed E-state index contributed by atoms with van der Waals surface area (Å²) in [6.45, 7) is 2.27. The normalized spacial score (nSPS) is 12.1. The van der Waals surface area contributed by atoms with Crippen molar-refractivity contribution in [2.24, 2.45) is 11.7 Å². The van der Waals surface area contributed by atoms with Crippen LogP contribution >= 0.6 is 0 Å². The number of rotatable bonds is 6. The van der Waals surface area contributed by atoms with Crippen molar-refractivity contribution in [3.05, 3.63) is 36.7 Å². The molecule has 7 heteroatoms. The van der Waals surface area contributed by atoms with Crippen LogP contribution in [0.1, 0.15) is 19.8 Å². The van der Waals surface area contributed by atoms with Crippen LogP contribution in [0.25, 0.3) is 5.69 Å². The number of hydrogen-bond donors (Lipinski definition) is 2. The summed E-state index contributed by atoms with van der Waals surface area (Å²) in [5, 5.41) is 6.55. The second-order valence-corrected chi connectivity index (χ2v) is 4.72. The summed E-state index contributed by atoms with van der Waals surface area (Å²) < 4.78 is 15.4.